The molecule has 0 bridgehead atoms. The van der Waals surface area contributed by atoms with Crippen molar-refractivity contribution in [2.75, 3.05) is 4.90 Å². The molecule has 2 heteroatoms. The van der Waals surface area contributed by atoms with E-state index in [0.29, 0.717) is 0 Å². The Morgan fingerprint density at radius 3 is 1.17 bits per heavy atom. The van der Waals surface area contributed by atoms with Gasteiger partial charge in [-0.3, -0.25) is 0 Å². The van der Waals surface area contributed by atoms with Gasteiger partial charge in [0.2, 0.25) is 0 Å². The minimum absolute atomic E-state index is 0.878. The van der Waals surface area contributed by atoms with Gasteiger partial charge in [-0.05, 0) is 104 Å². The molecule has 9 aromatic carbocycles. The maximum atomic E-state index is 6.26. The lowest BCUT2D eigenvalue weighted by atomic mass is 9.89. The second kappa shape index (κ2) is 15.5. The molecule has 2 nitrogen and oxygen atoms in total. The standard InChI is InChI=1S/C56H39NO/c1-3-15-42(16-4-1)49-20-8-11-23-52(49)53-24-12-9-21-50(53)44-33-37-48(38-34-44)57(46-18-5-2-6-19-46)47-35-31-41(32-36-47)40-27-29-43(30-28-40)51-22-10-13-25-54(51)56-39-45-17-7-14-26-55(45)58-56/h1-39H. The largest absolute Gasteiger partial charge is 0.456 e. The second-order valence-corrected chi connectivity index (χ2v) is 14.5. The molecule has 1 heterocycles. The number of benzene rings is 9. The van der Waals surface area contributed by atoms with Crippen LogP contribution in [0, 0.1) is 0 Å². The van der Waals surface area contributed by atoms with E-state index >= 15 is 0 Å². The van der Waals surface area contributed by atoms with Gasteiger partial charge in [0.1, 0.15) is 11.3 Å². The Labute approximate surface area is 339 Å². The molecular weight excluding hydrogens is 703 g/mol. The Hall–Kier alpha value is -7.68. The lowest BCUT2D eigenvalue weighted by Gasteiger charge is -2.26. The Morgan fingerprint density at radius 1 is 0.259 bits per heavy atom. The van der Waals surface area contributed by atoms with Crippen molar-refractivity contribution in [2.45, 2.75) is 0 Å². The zero-order valence-corrected chi connectivity index (χ0v) is 31.9. The van der Waals surface area contributed by atoms with E-state index in [-0.39, 0.29) is 0 Å². The molecule has 0 atom stereocenters. The van der Waals surface area contributed by atoms with Gasteiger partial charge in [0.05, 0.1) is 0 Å². The summed E-state index contributed by atoms with van der Waals surface area (Å²) in [5, 5.41) is 1.11. The molecule has 274 valence electrons. The number of furan rings is 1. The lowest BCUT2D eigenvalue weighted by Crippen LogP contribution is -2.09. The van der Waals surface area contributed by atoms with Crippen molar-refractivity contribution in [3.8, 4) is 67.0 Å². The van der Waals surface area contributed by atoms with Crippen LogP contribution in [-0.2, 0) is 0 Å². The van der Waals surface area contributed by atoms with Gasteiger partial charge in [0, 0.05) is 28.0 Å². The molecule has 0 saturated carbocycles. The van der Waals surface area contributed by atoms with Gasteiger partial charge in [0.25, 0.3) is 0 Å². The molecule has 58 heavy (non-hydrogen) atoms. The number of hydrogen-bond acceptors (Lipinski definition) is 2. The number of hydrogen-bond donors (Lipinski definition) is 0. The van der Waals surface area contributed by atoms with E-state index in [1.807, 2.05) is 18.2 Å². The van der Waals surface area contributed by atoms with Crippen LogP contribution in [0.3, 0.4) is 0 Å². The summed E-state index contributed by atoms with van der Waals surface area (Å²) >= 11 is 0. The van der Waals surface area contributed by atoms with Crippen LogP contribution >= 0.6 is 0 Å². The van der Waals surface area contributed by atoms with Gasteiger partial charge in [-0.2, -0.15) is 0 Å². The molecule has 1 aromatic heterocycles. The minimum atomic E-state index is 0.878. The van der Waals surface area contributed by atoms with Crippen molar-refractivity contribution in [2.24, 2.45) is 0 Å². The van der Waals surface area contributed by atoms with Crippen molar-refractivity contribution in [3.05, 3.63) is 237 Å². The van der Waals surface area contributed by atoms with E-state index in [1.54, 1.807) is 0 Å². The first-order valence-corrected chi connectivity index (χ1v) is 19.8. The molecule has 10 rings (SSSR count). The summed E-state index contributed by atoms with van der Waals surface area (Å²) in [6, 6.07) is 84.1. The molecule has 0 saturated heterocycles. The van der Waals surface area contributed by atoms with E-state index in [1.165, 1.54) is 38.9 Å². The molecular formula is C56H39NO. The summed E-state index contributed by atoms with van der Waals surface area (Å²) in [6.45, 7) is 0. The van der Waals surface area contributed by atoms with Crippen molar-refractivity contribution in [3.63, 3.8) is 0 Å². The first kappa shape index (κ1) is 34.8. The van der Waals surface area contributed by atoms with Crippen LogP contribution in [0.1, 0.15) is 0 Å². The van der Waals surface area contributed by atoms with Crippen LogP contribution in [0.15, 0.2) is 241 Å². The summed E-state index contributed by atoms with van der Waals surface area (Å²) in [4.78, 5) is 2.32. The fourth-order valence-corrected chi connectivity index (χ4v) is 8.08. The van der Waals surface area contributed by atoms with E-state index in [9.17, 15) is 0 Å². The molecule has 0 fully saturated rings. The first-order valence-electron chi connectivity index (χ1n) is 19.8. The average Bonchev–Trinajstić information content (AvgIpc) is 3.75. The van der Waals surface area contributed by atoms with E-state index in [4.69, 9.17) is 4.42 Å². The predicted octanol–water partition coefficient (Wildman–Crippen LogP) is 15.9. The summed E-state index contributed by atoms with van der Waals surface area (Å²) in [5.41, 5.74) is 17.2. The summed E-state index contributed by atoms with van der Waals surface area (Å²) in [6.07, 6.45) is 0. The molecule has 0 spiro atoms. The van der Waals surface area contributed by atoms with Crippen LogP contribution in [-0.4, -0.2) is 0 Å². The van der Waals surface area contributed by atoms with E-state index < -0.39 is 0 Å². The first-order chi connectivity index (χ1) is 28.8. The van der Waals surface area contributed by atoms with Crippen LogP contribution in [0.5, 0.6) is 0 Å². The Balaban J connectivity index is 0.942. The van der Waals surface area contributed by atoms with Gasteiger partial charge < -0.3 is 9.32 Å². The molecule has 0 N–H and O–H groups in total. The van der Waals surface area contributed by atoms with Gasteiger partial charge in [-0.25, -0.2) is 0 Å². The third-order valence-corrected chi connectivity index (χ3v) is 11.0. The average molecular weight is 742 g/mol. The number of fused-ring (bicyclic) bond motifs is 1. The topological polar surface area (TPSA) is 16.4 Å². The third-order valence-electron chi connectivity index (χ3n) is 11.0. The van der Waals surface area contributed by atoms with Crippen LogP contribution in [0.2, 0.25) is 0 Å². The lowest BCUT2D eigenvalue weighted by molar-refractivity contribution is 0.632. The zero-order valence-electron chi connectivity index (χ0n) is 31.9. The quantitative estimate of drug-likeness (QED) is 0.146. The third kappa shape index (κ3) is 6.78. The van der Waals surface area contributed by atoms with Gasteiger partial charge >= 0.3 is 0 Å². The Morgan fingerprint density at radius 2 is 0.621 bits per heavy atom. The highest BCUT2D eigenvalue weighted by molar-refractivity contribution is 5.92. The SMILES string of the molecule is c1ccc(-c2ccccc2-c2ccccc2-c2ccc(N(c3ccccc3)c3ccc(-c4ccc(-c5ccccc5-c5cc6ccccc6o5)cc4)cc3)cc2)cc1. The summed E-state index contributed by atoms with van der Waals surface area (Å²) in [7, 11) is 0. The maximum absolute atomic E-state index is 6.26. The highest BCUT2D eigenvalue weighted by atomic mass is 16.3. The van der Waals surface area contributed by atoms with Gasteiger partial charge in [0.15, 0.2) is 0 Å². The van der Waals surface area contributed by atoms with Crippen molar-refractivity contribution < 1.29 is 4.42 Å². The van der Waals surface area contributed by atoms with Crippen LogP contribution < -0.4 is 4.90 Å². The predicted molar refractivity (Wildman–Crippen MR) is 244 cm³/mol. The van der Waals surface area contributed by atoms with Crippen molar-refractivity contribution in [1.29, 1.82) is 0 Å². The number of para-hydroxylation sites is 2. The zero-order chi connectivity index (χ0) is 38.7. The Kier molecular flexibility index (Phi) is 9.27. The second-order valence-electron chi connectivity index (χ2n) is 14.5. The van der Waals surface area contributed by atoms with E-state index in [0.717, 1.165) is 56.0 Å². The van der Waals surface area contributed by atoms with Crippen LogP contribution in [0.25, 0.3) is 77.9 Å². The molecule has 0 radical (unpaired) electrons. The molecule has 0 unspecified atom stereocenters. The van der Waals surface area contributed by atoms with Gasteiger partial charge in [-0.1, -0.05) is 188 Å². The smallest absolute Gasteiger partial charge is 0.136 e. The summed E-state index contributed by atoms with van der Waals surface area (Å²) < 4.78 is 6.26. The van der Waals surface area contributed by atoms with E-state index in [2.05, 4.69) is 223 Å². The number of rotatable bonds is 9. The fraction of sp³-hybridized carbons (Fsp3) is 0. The fourth-order valence-electron chi connectivity index (χ4n) is 8.08. The van der Waals surface area contributed by atoms with Crippen molar-refractivity contribution >= 4 is 28.0 Å². The molecule has 0 aliphatic rings. The summed E-state index contributed by atoms with van der Waals surface area (Å²) in [5.74, 6) is 0.878. The van der Waals surface area contributed by atoms with Crippen LogP contribution in [0.4, 0.5) is 17.1 Å². The normalized spacial score (nSPS) is 11.1. The maximum Gasteiger partial charge on any atom is 0.136 e. The highest BCUT2D eigenvalue weighted by Gasteiger charge is 2.16. The number of anilines is 3. The monoisotopic (exact) mass is 741 g/mol. The Bertz CT molecular complexity index is 2930. The molecule has 0 aliphatic carbocycles. The van der Waals surface area contributed by atoms with Crippen molar-refractivity contribution in [1.82, 2.24) is 0 Å². The van der Waals surface area contributed by atoms with Gasteiger partial charge in [-0.15, -0.1) is 0 Å². The minimum Gasteiger partial charge on any atom is -0.456 e. The molecule has 0 aliphatic heterocycles. The molecule has 10 aromatic rings. The highest BCUT2D eigenvalue weighted by Crippen LogP contribution is 2.41. The number of nitrogens with zero attached hydrogens (tertiary/aromatic N) is 1. The molecule has 0 amide bonds.